The first-order valence-electron chi connectivity index (χ1n) is 6.08. The largest absolute Gasteiger partial charge is 0.466 e. The Morgan fingerprint density at radius 2 is 2.06 bits per heavy atom. The molecule has 0 atom stereocenters. The molecule has 0 amide bonds. The fraction of sp³-hybridized carbons (Fsp3) is 0.500. The number of aryl methyl sites for hydroxylation is 1. The molecule has 0 unspecified atom stereocenters. The minimum absolute atomic E-state index is 0.145. The number of nitrogen functional groups attached to an aromatic ring is 1. The molecule has 0 aromatic heterocycles. The van der Waals surface area contributed by atoms with Crippen molar-refractivity contribution in [3.05, 3.63) is 29.8 Å². The van der Waals surface area contributed by atoms with Crippen LogP contribution in [0.2, 0.25) is 0 Å². The first-order chi connectivity index (χ1) is 8.09. The Kier molecular flexibility index (Phi) is 5.53. The number of para-hydroxylation sites is 1. The van der Waals surface area contributed by atoms with Crippen LogP contribution in [0.25, 0.3) is 0 Å². The van der Waals surface area contributed by atoms with Gasteiger partial charge < -0.3 is 10.5 Å². The van der Waals surface area contributed by atoms with Crippen molar-refractivity contribution >= 4 is 11.7 Å². The van der Waals surface area contributed by atoms with E-state index in [1.54, 1.807) is 0 Å². The summed E-state index contributed by atoms with van der Waals surface area (Å²) in [4.78, 5) is 11.4. The minimum atomic E-state index is -0.145. The van der Waals surface area contributed by atoms with Gasteiger partial charge in [-0.05, 0) is 30.4 Å². The number of carbonyl (C=O) groups excluding carboxylic acids is 1. The van der Waals surface area contributed by atoms with Crippen molar-refractivity contribution in [3.63, 3.8) is 0 Å². The Morgan fingerprint density at radius 3 is 2.71 bits per heavy atom. The van der Waals surface area contributed by atoms with Gasteiger partial charge in [0.15, 0.2) is 0 Å². The number of nitrogens with two attached hydrogens (primary N) is 1. The first-order valence-corrected chi connectivity index (χ1v) is 6.08. The summed E-state index contributed by atoms with van der Waals surface area (Å²) >= 11 is 0. The van der Waals surface area contributed by atoms with Crippen LogP contribution < -0.4 is 5.73 Å². The van der Waals surface area contributed by atoms with Gasteiger partial charge in [-0.1, -0.05) is 32.0 Å². The minimum Gasteiger partial charge on any atom is -0.466 e. The van der Waals surface area contributed by atoms with E-state index in [9.17, 15) is 4.79 Å². The third-order valence-corrected chi connectivity index (χ3v) is 2.61. The number of ether oxygens (including phenoxy) is 1. The van der Waals surface area contributed by atoms with Gasteiger partial charge >= 0.3 is 5.97 Å². The summed E-state index contributed by atoms with van der Waals surface area (Å²) in [6.07, 6.45) is 1.96. The summed E-state index contributed by atoms with van der Waals surface area (Å²) in [6.45, 7) is 4.73. The summed E-state index contributed by atoms with van der Waals surface area (Å²) in [6, 6.07) is 7.60. The van der Waals surface area contributed by atoms with Crippen LogP contribution >= 0.6 is 0 Å². The molecule has 3 heteroatoms. The molecule has 0 aliphatic carbocycles. The van der Waals surface area contributed by atoms with Crippen LogP contribution in [0.1, 0.15) is 32.3 Å². The second-order valence-electron chi connectivity index (χ2n) is 4.60. The van der Waals surface area contributed by atoms with Crippen molar-refractivity contribution in [1.29, 1.82) is 0 Å². The topological polar surface area (TPSA) is 52.3 Å². The second-order valence-corrected chi connectivity index (χ2v) is 4.60. The molecule has 2 N–H and O–H groups in total. The molecule has 1 rings (SSSR count). The van der Waals surface area contributed by atoms with Crippen molar-refractivity contribution in [2.24, 2.45) is 5.92 Å². The molecule has 0 bridgehead atoms. The molecule has 0 fully saturated rings. The van der Waals surface area contributed by atoms with E-state index in [0.29, 0.717) is 25.4 Å². The number of hydrogen-bond donors (Lipinski definition) is 1. The lowest BCUT2D eigenvalue weighted by molar-refractivity contribution is -0.143. The smallest absolute Gasteiger partial charge is 0.306 e. The van der Waals surface area contributed by atoms with Gasteiger partial charge in [0.2, 0.25) is 0 Å². The normalized spacial score (nSPS) is 10.5. The molecule has 17 heavy (non-hydrogen) atoms. The third kappa shape index (κ3) is 5.38. The summed E-state index contributed by atoms with van der Waals surface area (Å²) in [5.41, 5.74) is 7.54. The fourth-order valence-electron chi connectivity index (χ4n) is 1.48. The summed E-state index contributed by atoms with van der Waals surface area (Å²) < 4.78 is 5.13. The zero-order valence-corrected chi connectivity index (χ0v) is 10.6. The second kappa shape index (κ2) is 6.94. The van der Waals surface area contributed by atoms with Crippen LogP contribution in [0.5, 0.6) is 0 Å². The van der Waals surface area contributed by atoms with Gasteiger partial charge in [-0.2, -0.15) is 0 Å². The van der Waals surface area contributed by atoms with E-state index in [1.165, 1.54) is 0 Å². The summed E-state index contributed by atoms with van der Waals surface area (Å²) in [5, 5.41) is 0. The predicted molar refractivity (Wildman–Crippen MR) is 69.6 cm³/mol. The Morgan fingerprint density at radius 1 is 1.35 bits per heavy atom. The van der Waals surface area contributed by atoms with Gasteiger partial charge in [-0.25, -0.2) is 0 Å². The zero-order chi connectivity index (χ0) is 12.7. The van der Waals surface area contributed by atoms with Gasteiger partial charge in [0.1, 0.15) is 0 Å². The lowest BCUT2D eigenvalue weighted by Crippen LogP contribution is -2.09. The maximum atomic E-state index is 11.4. The number of hydrogen-bond acceptors (Lipinski definition) is 3. The monoisotopic (exact) mass is 235 g/mol. The van der Waals surface area contributed by atoms with Gasteiger partial charge in [0, 0.05) is 12.1 Å². The Balaban J connectivity index is 2.26. The van der Waals surface area contributed by atoms with E-state index in [0.717, 1.165) is 17.7 Å². The number of benzene rings is 1. The quantitative estimate of drug-likeness (QED) is 0.609. The van der Waals surface area contributed by atoms with Crippen LogP contribution in [0.15, 0.2) is 24.3 Å². The van der Waals surface area contributed by atoms with Crippen LogP contribution in [0.3, 0.4) is 0 Å². The van der Waals surface area contributed by atoms with Crippen LogP contribution in [0, 0.1) is 5.92 Å². The van der Waals surface area contributed by atoms with E-state index < -0.39 is 0 Å². The average Bonchev–Trinajstić information content (AvgIpc) is 2.27. The van der Waals surface area contributed by atoms with Crippen LogP contribution in [0.4, 0.5) is 5.69 Å². The van der Waals surface area contributed by atoms with Gasteiger partial charge in [0.05, 0.1) is 6.61 Å². The Hall–Kier alpha value is -1.51. The van der Waals surface area contributed by atoms with E-state index in [2.05, 4.69) is 13.8 Å². The van der Waals surface area contributed by atoms with Crippen molar-refractivity contribution in [2.45, 2.75) is 33.1 Å². The molecule has 3 nitrogen and oxygen atoms in total. The maximum Gasteiger partial charge on any atom is 0.306 e. The Bertz CT molecular complexity index is 361. The van der Waals surface area contributed by atoms with E-state index in [1.807, 2.05) is 24.3 Å². The van der Waals surface area contributed by atoms with Gasteiger partial charge in [0.25, 0.3) is 0 Å². The molecule has 0 spiro atoms. The molecule has 1 aromatic carbocycles. The molecule has 0 heterocycles. The average molecular weight is 235 g/mol. The molecule has 0 saturated carbocycles. The van der Waals surface area contributed by atoms with E-state index in [-0.39, 0.29) is 5.97 Å². The summed E-state index contributed by atoms with van der Waals surface area (Å²) in [5.74, 6) is 0.418. The highest BCUT2D eigenvalue weighted by Gasteiger charge is 2.05. The van der Waals surface area contributed by atoms with Crippen LogP contribution in [-0.2, 0) is 16.0 Å². The van der Waals surface area contributed by atoms with Crippen molar-refractivity contribution in [2.75, 3.05) is 12.3 Å². The summed E-state index contributed by atoms with van der Waals surface area (Å²) in [7, 11) is 0. The predicted octanol–water partition coefficient (Wildman–Crippen LogP) is 2.79. The highest BCUT2D eigenvalue weighted by atomic mass is 16.5. The first kappa shape index (κ1) is 13.6. The highest BCUT2D eigenvalue weighted by Crippen LogP contribution is 2.13. The molecule has 94 valence electrons. The maximum absolute atomic E-state index is 11.4. The molecule has 0 aliphatic heterocycles. The van der Waals surface area contributed by atoms with E-state index in [4.69, 9.17) is 10.5 Å². The SMILES string of the molecule is CC(C)CCOC(=O)CCc1ccccc1N. The molecule has 1 aromatic rings. The number of esters is 1. The molecule has 0 saturated heterocycles. The lowest BCUT2D eigenvalue weighted by Gasteiger charge is -2.07. The number of anilines is 1. The van der Waals surface area contributed by atoms with Crippen molar-refractivity contribution in [3.8, 4) is 0 Å². The molecular weight excluding hydrogens is 214 g/mol. The van der Waals surface area contributed by atoms with Gasteiger partial charge in [-0.3, -0.25) is 4.79 Å². The van der Waals surface area contributed by atoms with Crippen molar-refractivity contribution in [1.82, 2.24) is 0 Å². The van der Waals surface area contributed by atoms with Crippen LogP contribution in [-0.4, -0.2) is 12.6 Å². The van der Waals surface area contributed by atoms with E-state index >= 15 is 0 Å². The number of rotatable bonds is 6. The Labute approximate surface area is 103 Å². The van der Waals surface area contributed by atoms with Crippen molar-refractivity contribution < 1.29 is 9.53 Å². The lowest BCUT2D eigenvalue weighted by atomic mass is 10.1. The fourth-order valence-corrected chi connectivity index (χ4v) is 1.48. The molecule has 0 radical (unpaired) electrons. The molecule has 0 aliphatic rings. The third-order valence-electron chi connectivity index (χ3n) is 2.61. The zero-order valence-electron chi connectivity index (χ0n) is 10.6. The van der Waals surface area contributed by atoms with Gasteiger partial charge in [-0.15, -0.1) is 0 Å². The number of carbonyl (C=O) groups is 1. The standard InChI is InChI=1S/C14H21NO2/c1-11(2)9-10-17-14(16)8-7-12-5-3-4-6-13(12)15/h3-6,11H,7-10,15H2,1-2H3. The molecular formula is C14H21NO2. The highest BCUT2D eigenvalue weighted by molar-refractivity contribution is 5.70.